The van der Waals surface area contributed by atoms with Crippen molar-refractivity contribution >= 4 is 23.3 Å². The number of fused-ring (bicyclic) bond motifs is 1. The van der Waals surface area contributed by atoms with Gasteiger partial charge in [0.2, 0.25) is 5.95 Å². The Bertz CT molecular complexity index is 1060. The van der Waals surface area contributed by atoms with Crippen LogP contribution in [0.5, 0.6) is 0 Å². The highest BCUT2D eigenvalue weighted by molar-refractivity contribution is 5.80. The standard InChI is InChI=1S/C17H20N6O3/c1-11-4-6-12(7-5-11)10-18-21-16-19-14-13(23(16)8-9-26-3)15(24)20-17(25)22(14)2/h4-7,10H,8-9H2,1-3H3,(H,19,21)(H,20,24,25)/b18-10-. The predicted octanol–water partition coefficient (Wildman–Crippen LogP) is 0.824. The van der Waals surface area contributed by atoms with Crippen LogP contribution in [0, 0.1) is 6.92 Å². The van der Waals surface area contributed by atoms with Gasteiger partial charge in [0.15, 0.2) is 11.2 Å². The zero-order valence-electron chi connectivity index (χ0n) is 14.8. The number of hydrogen-bond donors (Lipinski definition) is 2. The number of aromatic nitrogens is 4. The van der Waals surface area contributed by atoms with Gasteiger partial charge in [0.05, 0.1) is 12.8 Å². The molecular formula is C17H20N6O3. The minimum atomic E-state index is -0.520. The van der Waals surface area contributed by atoms with Gasteiger partial charge >= 0.3 is 5.69 Å². The minimum Gasteiger partial charge on any atom is -0.383 e. The molecule has 0 amide bonds. The summed E-state index contributed by atoms with van der Waals surface area (Å²) in [4.78, 5) is 30.7. The molecule has 0 aliphatic rings. The molecule has 2 aromatic heterocycles. The zero-order chi connectivity index (χ0) is 18.7. The fourth-order valence-electron chi connectivity index (χ4n) is 2.54. The van der Waals surface area contributed by atoms with E-state index in [0.29, 0.717) is 19.1 Å². The highest BCUT2D eigenvalue weighted by Crippen LogP contribution is 2.15. The molecule has 9 nitrogen and oxygen atoms in total. The van der Waals surface area contributed by atoms with Gasteiger partial charge in [-0.05, 0) is 12.5 Å². The van der Waals surface area contributed by atoms with Crippen LogP contribution in [-0.2, 0) is 18.3 Å². The van der Waals surface area contributed by atoms with Crippen molar-refractivity contribution in [3.05, 3.63) is 56.2 Å². The lowest BCUT2D eigenvalue weighted by Crippen LogP contribution is -2.29. The number of H-pyrrole nitrogens is 1. The first-order valence-corrected chi connectivity index (χ1v) is 8.05. The number of aryl methyl sites for hydroxylation is 2. The molecule has 0 radical (unpaired) electrons. The van der Waals surface area contributed by atoms with Gasteiger partial charge in [-0.3, -0.25) is 14.3 Å². The first-order valence-electron chi connectivity index (χ1n) is 8.05. The summed E-state index contributed by atoms with van der Waals surface area (Å²) in [6.45, 7) is 2.78. The summed E-state index contributed by atoms with van der Waals surface area (Å²) >= 11 is 0. The summed E-state index contributed by atoms with van der Waals surface area (Å²) < 4.78 is 8.03. The van der Waals surface area contributed by atoms with E-state index >= 15 is 0 Å². The number of ether oxygens (including phenoxy) is 1. The van der Waals surface area contributed by atoms with E-state index in [0.717, 1.165) is 11.1 Å². The Kier molecular flexibility index (Phi) is 4.99. The Balaban J connectivity index is 1.99. The van der Waals surface area contributed by atoms with Crippen molar-refractivity contribution in [1.82, 2.24) is 19.1 Å². The first kappa shape index (κ1) is 17.6. The molecule has 0 saturated heterocycles. The lowest BCUT2D eigenvalue weighted by Gasteiger charge is -2.07. The second kappa shape index (κ2) is 7.36. The van der Waals surface area contributed by atoms with Crippen molar-refractivity contribution < 1.29 is 4.74 Å². The van der Waals surface area contributed by atoms with Crippen LogP contribution in [0.1, 0.15) is 11.1 Å². The van der Waals surface area contributed by atoms with Gasteiger partial charge in [-0.2, -0.15) is 10.1 Å². The van der Waals surface area contributed by atoms with Gasteiger partial charge in [-0.25, -0.2) is 10.2 Å². The fraction of sp³-hybridized carbons (Fsp3) is 0.294. The highest BCUT2D eigenvalue weighted by atomic mass is 16.5. The quantitative estimate of drug-likeness (QED) is 0.502. The Morgan fingerprint density at radius 3 is 2.73 bits per heavy atom. The average molecular weight is 356 g/mol. The molecule has 0 fully saturated rings. The van der Waals surface area contributed by atoms with Crippen molar-refractivity contribution in [3.63, 3.8) is 0 Å². The topological polar surface area (TPSA) is 106 Å². The SMILES string of the molecule is COCCn1c(N/N=C\c2ccc(C)cc2)nc2c1c(=O)[nH]c(=O)n2C. The van der Waals surface area contributed by atoms with Gasteiger partial charge in [-0.15, -0.1) is 0 Å². The van der Waals surface area contributed by atoms with Crippen LogP contribution in [0.25, 0.3) is 11.2 Å². The lowest BCUT2D eigenvalue weighted by atomic mass is 10.2. The first-order chi connectivity index (χ1) is 12.5. The molecule has 0 aliphatic carbocycles. The lowest BCUT2D eigenvalue weighted by molar-refractivity contribution is 0.188. The number of nitrogens with one attached hydrogen (secondary N) is 2. The molecular weight excluding hydrogens is 336 g/mol. The Hall–Kier alpha value is -3.20. The molecule has 3 aromatic rings. The number of hydrazone groups is 1. The van der Waals surface area contributed by atoms with Crippen molar-refractivity contribution in [3.8, 4) is 0 Å². The van der Waals surface area contributed by atoms with Crippen LogP contribution in [0.15, 0.2) is 39.0 Å². The van der Waals surface area contributed by atoms with E-state index < -0.39 is 11.2 Å². The number of nitrogens with zero attached hydrogens (tertiary/aromatic N) is 4. The van der Waals surface area contributed by atoms with E-state index in [1.54, 1.807) is 24.9 Å². The second-order valence-electron chi connectivity index (χ2n) is 5.85. The maximum atomic E-state index is 12.2. The summed E-state index contributed by atoms with van der Waals surface area (Å²) in [5.74, 6) is 0.354. The van der Waals surface area contributed by atoms with E-state index in [-0.39, 0.29) is 11.2 Å². The van der Waals surface area contributed by atoms with E-state index in [9.17, 15) is 9.59 Å². The van der Waals surface area contributed by atoms with Crippen molar-refractivity contribution in [2.24, 2.45) is 12.1 Å². The molecule has 9 heteroatoms. The molecule has 2 N–H and O–H groups in total. The van der Waals surface area contributed by atoms with E-state index in [4.69, 9.17) is 4.74 Å². The van der Waals surface area contributed by atoms with Crippen molar-refractivity contribution in [2.75, 3.05) is 19.1 Å². The summed E-state index contributed by atoms with van der Waals surface area (Å²) in [7, 11) is 3.12. The third-order valence-corrected chi connectivity index (χ3v) is 3.98. The van der Waals surface area contributed by atoms with Gasteiger partial charge in [-0.1, -0.05) is 29.8 Å². The van der Waals surface area contributed by atoms with E-state index in [1.165, 1.54) is 4.57 Å². The molecule has 3 rings (SSSR count). The molecule has 0 atom stereocenters. The van der Waals surface area contributed by atoms with Crippen LogP contribution in [-0.4, -0.2) is 39.0 Å². The van der Waals surface area contributed by atoms with Crippen LogP contribution in [0.4, 0.5) is 5.95 Å². The summed E-state index contributed by atoms with van der Waals surface area (Å²) in [6, 6.07) is 7.88. The Morgan fingerprint density at radius 1 is 1.31 bits per heavy atom. The largest absolute Gasteiger partial charge is 0.383 e. The molecule has 0 spiro atoms. The minimum absolute atomic E-state index is 0.280. The molecule has 1 aromatic carbocycles. The number of aromatic amines is 1. The summed E-state index contributed by atoms with van der Waals surface area (Å²) in [6.07, 6.45) is 1.66. The number of benzene rings is 1. The molecule has 136 valence electrons. The maximum Gasteiger partial charge on any atom is 0.329 e. The van der Waals surface area contributed by atoms with Crippen molar-refractivity contribution in [2.45, 2.75) is 13.5 Å². The van der Waals surface area contributed by atoms with Gasteiger partial charge in [0, 0.05) is 20.7 Å². The summed E-state index contributed by atoms with van der Waals surface area (Å²) in [5, 5.41) is 4.19. The molecule has 2 heterocycles. The second-order valence-corrected chi connectivity index (χ2v) is 5.85. The molecule has 0 aliphatic heterocycles. The van der Waals surface area contributed by atoms with Crippen LogP contribution in [0.3, 0.4) is 0 Å². The molecule has 0 unspecified atom stereocenters. The number of hydrogen-bond acceptors (Lipinski definition) is 6. The highest BCUT2D eigenvalue weighted by Gasteiger charge is 2.16. The molecule has 26 heavy (non-hydrogen) atoms. The number of rotatable bonds is 6. The van der Waals surface area contributed by atoms with Crippen LogP contribution in [0.2, 0.25) is 0 Å². The van der Waals surface area contributed by atoms with E-state index in [2.05, 4.69) is 20.5 Å². The van der Waals surface area contributed by atoms with E-state index in [1.807, 2.05) is 31.2 Å². The average Bonchev–Trinajstić information content (AvgIpc) is 2.99. The monoisotopic (exact) mass is 356 g/mol. The van der Waals surface area contributed by atoms with Gasteiger partial charge < -0.3 is 9.30 Å². The predicted molar refractivity (Wildman–Crippen MR) is 99.9 cm³/mol. The Morgan fingerprint density at radius 2 is 2.04 bits per heavy atom. The third-order valence-electron chi connectivity index (χ3n) is 3.98. The third kappa shape index (κ3) is 3.42. The van der Waals surface area contributed by atoms with Crippen LogP contribution >= 0.6 is 0 Å². The number of anilines is 1. The molecule has 0 bridgehead atoms. The van der Waals surface area contributed by atoms with Gasteiger partial charge in [0.1, 0.15) is 0 Å². The number of methoxy groups -OCH3 is 1. The Labute approximate surface area is 148 Å². The fourth-order valence-corrected chi connectivity index (χ4v) is 2.54. The van der Waals surface area contributed by atoms with Crippen LogP contribution < -0.4 is 16.7 Å². The zero-order valence-corrected chi connectivity index (χ0v) is 14.8. The normalized spacial score (nSPS) is 11.5. The van der Waals surface area contributed by atoms with Crippen molar-refractivity contribution in [1.29, 1.82) is 0 Å². The smallest absolute Gasteiger partial charge is 0.329 e. The maximum absolute atomic E-state index is 12.2. The van der Waals surface area contributed by atoms with Gasteiger partial charge in [0.25, 0.3) is 5.56 Å². The molecule has 0 saturated carbocycles. The summed E-state index contributed by atoms with van der Waals surface area (Å²) in [5.41, 5.74) is 4.49. The number of imidazole rings is 1.